The minimum Gasteiger partial charge on any atom is -0.495 e. The number of thiazole rings is 1. The van der Waals surface area contributed by atoms with Gasteiger partial charge in [0.25, 0.3) is 0 Å². The summed E-state index contributed by atoms with van der Waals surface area (Å²) in [6.45, 7) is 0. The van der Waals surface area contributed by atoms with E-state index in [9.17, 15) is 4.79 Å². The van der Waals surface area contributed by atoms with E-state index < -0.39 is 0 Å². The van der Waals surface area contributed by atoms with E-state index in [1.165, 1.54) is 11.3 Å². The largest absolute Gasteiger partial charge is 0.495 e. The average Bonchev–Trinajstić information content (AvgIpc) is 2.96. The highest BCUT2D eigenvalue weighted by atomic mass is 35.5. The predicted molar refractivity (Wildman–Crippen MR) is 97.7 cm³/mol. The number of carbonyl (C=O) groups is 1. The van der Waals surface area contributed by atoms with Gasteiger partial charge in [-0.25, -0.2) is 4.98 Å². The van der Waals surface area contributed by atoms with Crippen LogP contribution in [0.3, 0.4) is 0 Å². The van der Waals surface area contributed by atoms with Gasteiger partial charge in [-0.15, -0.1) is 0 Å². The molecular weight excluding hydrogens is 346 g/mol. The molecule has 0 aliphatic carbocycles. The number of nitrogens with one attached hydrogen (secondary N) is 1. The van der Waals surface area contributed by atoms with Crippen LogP contribution in [0, 0.1) is 0 Å². The van der Waals surface area contributed by atoms with Crippen molar-refractivity contribution in [1.29, 1.82) is 0 Å². The molecule has 0 bridgehead atoms. The first kappa shape index (κ1) is 16.3. The van der Waals surface area contributed by atoms with Crippen LogP contribution in [0.5, 0.6) is 5.75 Å². The third-order valence-corrected chi connectivity index (χ3v) is 4.55. The number of halogens is 1. The van der Waals surface area contributed by atoms with Crippen molar-refractivity contribution >= 4 is 45.4 Å². The Bertz CT molecular complexity index is 878. The van der Waals surface area contributed by atoms with E-state index in [1.807, 2.05) is 24.3 Å². The lowest BCUT2D eigenvalue weighted by molar-refractivity contribution is 0.104. The smallest absolute Gasteiger partial charge is 0.206 e. The summed E-state index contributed by atoms with van der Waals surface area (Å²) < 4.78 is 5.29. The van der Waals surface area contributed by atoms with Crippen molar-refractivity contribution in [3.63, 3.8) is 0 Å². The van der Waals surface area contributed by atoms with Gasteiger partial charge in [0.1, 0.15) is 16.4 Å². The normalized spacial score (nSPS) is 10.4. The highest BCUT2D eigenvalue weighted by Crippen LogP contribution is 2.33. The molecule has 3 aromatic rings. The summed E-state index contributed by atoms with van der Waals surface area (Å²) in [4.78, 5) is 17.2. The molecule has 3 N–H and O–H groups in total. The highest BCUT2D eigenvalue weighted by Gasteiger charge is 2.18. The summed E-state index contributed by atoms with van der Waals surface area (Å²) in [6, 6.07) is 14.1. The molecule has 0 aliphatic rings. The number of para-hydroxylation sites is 2. The molecule has 1 aromatic heterocycles. The van der Waals surface area contributed by atoms with Crippen LogP contribution < -0.4 is 15.8 Å². The van der Waals surface area contributed by atoms with Gasteiger partial charge >= 0.3 is 0 Å². The molecule has 0 aliphatic heterocycles. The van der Waals surface area contributed by atoms with Crippen LogP contribution in [0.15, 0.2) is 48.5 Å². The van der Waals surface area contributed by atoms with Crippen LogP contribution in [0.1, 0.15) is 15.2 Å². The molecule has 5 nitrogen and oxygen atoms in total. The number of benzene rings is 2. The number of nitrogens with two attached hydrogens (primary N) is 1. The number of rotatable bonds is 5. The molecular formula is C17H14ClN3O2S. The molecule has 122 valence electrons. The fourth-order valence-electron chi connectivity index (χ4n) is 2.14. The third kappa shape index (κ3) is 3.34. The van der Waals surface area contributed by atoms with E-state index in [-0.39, 0.29) is 11.6 Å². The summed E-state index contributed by atoms with van der Waals surface area (Å²) in [6.07, 6.45) is 0. The maximum absolute atomic E-state index is 12.6. The minimum absolute atomic E-state index is 0.185. The van der Waals surface area contributed by atoms with Gasteiger partial charge in [-0.3, -0.25) is 4.79 Å². The molecule has 24 heavy (non-hydrogen) atoms. The zero-order chi connectivity index (χ0) is 17.1. The monoisotopic (exact) mass is 359 g/mol. The van der Waals surface area contributed by atoms with Gasteiger partial charge in [-0.2, -0.15) is 0 Å². The number of hydrogen-bond donors (Lipinski definition) is 2. The van der Waals surface area contributed by atoms with Crippen molar-refractivity contribution in [2.45, 2.75) is 0 Å². The van der Waals surface area contributed by atoms with Gasteiger partial charge in [0.2, 0.25) is 5.78 Å². The van der Waals surface area contributed by atoms with Crippen molar-refractivity contribution in [3.8, 4) is 5.75 Å². The van der Waals surface area contributed by atoms with Crippen molar-refractivity contribution < 1.29 is 9.53 Å². The van der Waals surface area contributed by atoms with Crippen LogP contribution in [-0.4, -0.2) is 17.9 Å². The number of ketones is 1. The maximum Gasteiger partial charge on any atom is 0.206 e. The first-order chi connectivity index (χ1) is 11.6. The summed E-state index contributed by atoms with van der Waals surface area (Å²) in [5.41, 5.74) is 7.18. The summed E-state index contributed by atoms with van der Waals surface area (Å²) in [5.74, 6) is 0.684. The van der Waals surface area contributed by atoms with Gasteiger partial charge in [-0.05, 0) is 36.4 Å². The van der Waals surface area contributed by atoms with E-state index >= 15 is 0 Å². The lowest BCUT2D eigenvalue weighted by Crippen LogP contribution is -2.02. The number of nitrogen functional groups attached to an aromatic ring is 1. The second kappa shape index (κ2) is 6.90. The van der Waals surface area contributed by atoms with Gasteiger partial charge in [0, 0.05) is 10.6 Å². The van der Waals surface area contributed by atoms with Crippen LogP contribution in [0.2, 0.25) is 5.02 Å². The van der Waals surface area contributed by atoms with Crippen molar-refractivity contribution in [2.24, 2.45) is 0 Å². The second-order valence-corrected chi connectivity index (χ2v) is 6.33. The van der Waals surface area contributed by atoms with Gasteiger partial charge < -0.3 is 15.8 Å². The van der Waals surface area contributed by atoms with Gasteiger partial charge in [0.05, 0.1) is 12.8 Å². The molecule has 0 atom stereocenters. The Morgan fingerprint density at radius 2 is 1.92 bits per heavy atom. The minimum atomic E-state index is -0.185. The predicted octanol–water partition coefficient (Wildman–Crippen LogP) is 4.36. The number of ether oxygens (including phenoxy) is 1. The standard InChI is InChI=1S/C17H14ClN3O2S/c1-23-13-5-3-2-4-12(13)20-17-21-16(19)15(24-17)14(22)10-6-8-11(18)9-7-10/h2-9H,19H2,1H3,(H,20,21). The summed E-state index contributed by atoms with van der Waals surface area (Å²) >= 11 is 7.04. The van der Waals surface area contributed by atoms with E-state index in [0.29, 0.717) is 26.3 Å². The van der Waals surface area contributed by atoms with Gasteiger partial charge in [-0.1, -0.05) is 35.1 Å². The zero-order valence-corrected chi connectivity index (χ0v) is 14.3. The molecule has 2 aromatic carbocycles. The molecule has 0 saturated carbocycles. The summed E-state index contributed by atoms with van der Waals surface area (Å²) in [5, 5.41) is 4.22. The molecule has 3 rings (SSSR count). The first-order valence-electron chi connectivity index (χ1n) is 7.05. The fourth-order valence-corrected chi connectivity index (χ4v) is 3.13. The van der Waals surface area contributed by atoms with Crippen LogP contribution in [0.4, 0.5) is 16.6 Å². The van der Waals surface area contributed by atoms with E-state index in [4.69, 9.17) is 22.1 Å². The van der Waals surface area contributed by atoms with E-state index in [2.05, 4.69) is 10.3 Å². The number of aromatic nitrogens is 1. The summed E-state index contributed by atoms with van der Waals surface area (Å²) in [7, 11) is 1.59. The number of anilines is 3. The molecule has 7 heteroatoms. The molecule has 0 saturated heterocycles. The number of carbonyl (C=O) groups excluding carboxylic acids is 1. The maximum atomic E-state index is 12.6. The lowest BCUT2D eigenvalue weighted by atomic mass is 10.1. The molecule has 1 heterocycles. The topological polar surface area (TPSA) is 77.2 Å². The second-order valence-electron chi connectivity index (χ2n) is 4.89. The van der Waals surface area contributed by atoms with Crippen LogP contribution >= 0.6 is 22.9 Å². The van der Waals surface area contributed by atoms with E-state index in [1.54, 1.807) is 31.4 Å². The Labute approximate surface area is 148 Å². The zero-order valence-electron chi connectivity index (χ0n) is 12.7. The van der Waals surface area contributed by atoms with E-state index in [0.717, 1.165) is 5.69 Å². The third-order valence-electron chi connectivity index (χ3n) is 3.31. The Kier molecular flexibility index (Phi) is 4.69. The lowest BCUT2D eigenvalue weighted by Gasteiger charge is -2.07. The molecule has 0 fully saturated rings. The quantitative estimate of drug-likeness (QED) is 0.662. The highest BCUT2D eigenvalue weighted by molar-refractivity contribution is 7.18. The van der Waals surface area contributed by atoms with Crippen molar-refractivity contribution in [1.82, 2.24) is 4.98 Å². The number of hydrogen-bond acceptors (Lipinski definition) is 6. The van der Waals surface area contributed by atoms with Crippen molar-refractivity contribution in [2.75, 3.05) is 18.2 Å². The van der Waals surface area contributed by atoms with Crippen molar-refractivity contribution in [3.05, 3.63) is 64.0 Å². The van der Waals surface area contributed by atoms with Crippen LogP contribution in [-0.2, 0) is 0 Å². The first-order valence-corrected chi connectivity index (χ1v) is 8.24. The Balaban J connectivity index is 1.87. The number of nitrogens with zero attached hydrogens (tertiary/aromatic N) is 1. The average molecular weight is 360 g/mol. The van der Waals surface area contributed by atoms with Crippen LogP contribution in [0.25, 0.3) is 0 Å². The molecule has 0 spiro atoms. The molecule has 0 radical (unpaired) electrons. The Morgan fingerprint density at radius 3 is 2.62 bits per heavy atom. The molecule has 0 unspecified atom stereocenters. The SMILES string of the molecule is COc1ccccc1Nc1nc(N)c(C(=O)c2ccc(Cl)cc2)s1. The Morgan fingerprint density at radius 1 is 1.21 bits per heavy atom. The van der Waals surface area contributed by atoms with Gasteiger partial charge in [0.15, 0.2) is 5.13 Å². The Hall–Kier alpha value is -2.57. The number of methoxy groups -OCH3 is 1. The molecule has 0 amide bonds. The fraction of sp³-hybridized carbons (Fsp3) is 0.0588.